The molecule has 1 aliphatic carbocycles. The molecule has 2 fully saturated rings. The Bertz CT molecular complexity index is 527. The van der Waals surface area contributed by atoms with Gasteiger partial charge in [-0.15, -0.1) is 0 Å². The zero-order chi connectivity index (χ0) is 14.2. The summed E-state index contributed by atoms with van der Waals surface area (Å²) in [5, 5.41) is 0. The zero-order valence-corrected chi connectivity index (χ0v) is 12.0. The maximum atomic E-state index is 12.1. The molecule has 1 spiro atoms. The van der Waals surface area contributed by atoms with E-state index in [0.717, 1.165) is 25.7 Å². The standard InChI is InChI=1S/C14H21N3O3/c1-16-8-7-15-12(13(16)18)17(2)11-3-5-14(6-4-11)19-9-10-20-14/h7-8,11H,3-6,9-10H2,1-2H3. The van der Waals surface area contributed by atoms with Crippen molar-refractivity contribution in [3.8, 4) is 0 Å². The first kappa shape index (κ1) is 13.6. The van der Waals surface area contributed by atoms with Crippen molar-refractivity contribution in [2.75, 3.05) is 25.2 Å². The van der Waals surface area contributed by atoms with Gasteiger partial charge < -0.3 is 18.9 Å². The van der Waals surface area contributed by atoms with Gasteiger partial charge in [-0.05, 0) is 12.8 Å². The Balaban J connectivity index is 1.71. The molecule has 110 valence electrons. The van der Waals surface area contributed by atoms with Gasteiger partial charge in [0.1, 0.15) is 0 Å². The van der Waals surface area contributed by atoms with Crippen molar-refractivity contribution >= 4 is 5.82 Å². The van der Waals surface area contributed by atoms with Gasteiger partial charge in [-0.1, -0.05) is 0 Å². The summed E-state index contributed by atoms with van der Waals surface area (Å²) in [5.74, 6) is 0.163. The van der Waals surface area contributed by atoms with Gasteiger partial charge in [0.2, 0.25) is 0 Å². The molecule has 1 saturated heterocycles. The molecule has 2 aliphatic rings. The summed E-state index contributed by atoms with van der Waals surface area (Å²) >= 11 is 0. The van der Waals surface area contributed by atoms with Crippen LogP contribution in [0.25, 0.3) is 0 Å². The summed E-state index contributed by atoms with van der Waals surface area (Å²) in [6, 6.07) is 0.316. The van der Waals surface area contributed by atoms with Gasteiger partial charge >= 0.3 is 0 Å². The molecule has 1 aromatic heterocycles. The predicted molar refractivity (Wildman–Crippen MR) is 74.8 cm³/mol. The highest BCUT2D eigenvalue weighted by molar-refractivity contribution is 5.36. The number of hydrogen-bond acceptors (Lipinski definition) is 5. The molecule has 1 aliphatic heterocycles. The second-order valence-corrected chi connectivity index (χ2v) is 5.62. The topological polar surface area (TPSA) is 56.6 Å². The summed E-state index contributed by atoms with van der Waals surface area (Å²) in [6.45, 7) is 1.39. The lowest BCUT2D eigenvalue weighted by molar-refractivity contribution is -0.178. The molecule has 0 aromatic carbocycles. The third-order valence-corrected chi connectivity index (χ3v) is 4.41. The van der Waals surface area contributed by atoms with E-state index in [0.29, 0.717) is 25.1 Å². The highest BCUT2D eigenvalue weighted by Crippen LogP contribution is 2.37. The summed E-state index contributed by atoms with van der Waals surface area (Å²) in [7, 11) is 3.69. The number of anilines is 1. The van der Waals surface area contributed by atoms with Gasteiger partial charge in [-0.3, -0.25) is 4.79 Å². The predicted octanol–water partition coefficient (Wildman–Crippen LogP) is 0.902. The lowest BCUT2D eigenvalue weighted by Gasteiger charge is -2.39. The van der Waals surface area contributed by atoms with Crippen molar-refractivity contribution in [2.24, 2.45) is 7.05 Å². The van der Waals surface area contributed by atoms with Crippen LogP contribution in [0.1, 0.15) is 25.7 Å². The van der Waals surface area contributed by atoms with E-state index in [1.54, 1.807) is 24.0 Å². The Hall–Kier alpha value is -1.40. The average molecular weight is 279 g/mol. The quantitative estimate of drug-likeness (QED) is 0.805. The van der Waals surface area contributed by atoms with Crippen LogP contribution in [-0.2, 0) is 16.5 Å². The van der Waals surface area contributed by atoms with E-state index in [1.165, 1.54) is 0 Å². The van der Waals surface area contributed by atoms with Gasteiger partial charge in [-0.2, -0.15) is 0 Å². The maximum Gasteiger partial charge on any atom is 0.293 e. The molecule has 0 N–H and O–H groups in total. The van der Waals surface area contributed by atoms with Crippen molar-refractivity contribution in [3.05, 3.63) is 22.7 Å². The van der Waals surface area contributed by atoms with Gasteiger partial charge in [0.05, 0.1) is 13.2 Å². The van der Waals surface area contributed by atoms with E-state index < -0.39 is 0 Å². The third kappa shape index (κ3) is 2.33. The maximum absolute atomic E-state index is 12.1. The molecule has 6 heteroatoms. The molecule has 6 nitrogen and oxygen atoms in total. The van der Waals surface area contributed by atoms with Crippen LogP contribution in [0, 0.1) is 0 Å². The van der Waals surface area contributed by atoms with Crippen LogP contribution in [0.2, 0.25) is 0 Å². The van der Waals surface area contributed by atoms with Crippen LogP contribution in [0.15, 0.2) is 17.2 Å². The van der Waals surface area contributed by atoms with Gasteiger partial charge in [-0.25, -0.2) is 4.98 Å². The van der Waals surface area contributed by atoms with Gasteiger partial charge in [0, 0.05) is 45.4 Å². The van der Waals surface area contributed by atoms with Crippen molar-refractivity contribution in [3.63, 3.8) is 0 Å². The van der Waals surface area contributed by atoms with Crippen LogP contribution < -0.4 is 10.5 Å². The van der Waals surface area contributed by atoms with Crippen molar-refractivity contribution in [2.45, 2.75) is 37.5 Å². The third-order valence-electron chi connectivity index (χ3n) is 4.41. The smallest absolute Gasteiger partial charge is 0.293 e. The monoisotopic (exact) mass is 279 g/mol. The molecule has 0 unspecified atom stereocenters. The second-order valence-electron chi connectivity index (χ2n) is 5.62. The van der Waals surface area contributed by atoms with Crippen molar-refractivity contribution in [1.29, 1.82) is 0 Å². The van der Waals surface area contributed by atoms with Crippen LogP contribution in [0.5, 0.6) is 0 Å². The minimum Gasteiger partial charge on any atom is -0.352 e. The molecule has 2 heterocycles. The Morgan fingerprint density at radius 1 is 1.35 bits per heavy atom. The molecule has 20 heavy (non-hydrogen) atoms. The van der Waals surface area contributed by atoms with E-state index in [4.69, 9.17) is 9.47 Å². The largest absolute Gasteiger partial charge is 0.352 e. The van der Waals surface area contributed by atoms with E-state index >= 15 is 0 Å². The van der Waals surface area contributed by atoms with E-state index in [-0.39, 0.29) is 11.3 Å². The van der Waals surface area contributed by atoms with Gasteiger partial charge in [0.15, 0.2) is 11.6 Å². The molecule has 3 rings (SSSR count). The number of aromatic nitrogens is 2. The Morgan fingerprint density at radius 3 is 2.65 bits per heavy atom. The summed E-state index contributed by atoms with van der Waals surface area (Å²) in [5.41, 5.74) is -0.0522. The van der Waals surface area contributed by atoms with Crippen LogP contribution in [0.4, 0.5) is 5.82 Å². The number of rotatable bonds is 2. The van der Waals surface area contributed by atoms with E-state index in [9.17, 15) is 4.79 Å². The highest BCUT2D eigenvalue weighted by atomic mass is 16.7. The first-order valence-corrected chi connectivity index (χ1v) is 7.14. The lowest BCUT2D eigenvalue weighted by atomic mass is 9.89. The minimum absolute atomic E-state index is 0.0522. The van der Waals surface area contributed by atoms with Crippen LogP contribution >= 0.6 is 0 Å². The lowest BCUT2D eigenvalue weighted by Crippen LogP contribution is -2.44. The molecule has 0 bridgehead atoms. The first-order chi connectivity index (χ1) is 9.61. The molecule has 0 radical (unpaired) electrons. The number of hydrogen-bond donors (Lipinski definition) is 0. The number of aryl methyl sites for hydroxylation is 1. The average Bonchev–Trinajstić information content (AvgIpc) is 2.90. The zero-order valence-electron chi connectivity index (χ0n) is 12.0. The van der Waals surface area contributed by atoms with Crippen LogP contribution in [0.3, 0.4) is 0 Å². The van der Waals surface area contributed by atoms with Crippen molar-refractivity contribution in [1.82, 2.24) is 9.55 Å². The molecular formula is C14H21N3O3. The van der Waals surface area contributed by atoms with E-state index in [1.807, 2.05) is 11.9 Å². The fourth-order valence-electron chi connectivity index (χ4n) is 3.11. The molecule has 1 aromatic rings. The summed E-state index contributed by atoms with van der Waals surface area (Å²) < 4.78 is 13.0. The Kier molecular flexibility index (Phi) is 3.52. The van der Waals surface area contributed by atoms with Crippen LogP contribution in [-0.4, -0.2) is 41.6 Å². The fourth-order valence-corrected chi connectivity index (χ4v) is 3.11. The Morgan fingerprint density at radius 2 is 2.00 bits per heavy atom. The molecular weight excluding hydrogens is 258 g/mol. The Labute approximate surface area is 118 Å². The first-order valence-electron chi connectivity index (χ1n) is 7.14. The normalized spacial score (nSPS) is 22.3. The van der Waals surface area contributed by atoms with E-state index in [2.05, 4.69) is 4.98 Å². The number of nitrogens with zero attached hydrogens (tertiary/aromatic N) is 3. The SMILES string of the molecule is CN(c1nccn(C)c1=O)C1CCC2(CC1)OCCO2. The number of ether oxygens (including phenoxy) is 2. The molecule has 1 saturated carbocycles. The fraction of sp³-hybridized carbons (Fsp3) is 0.714. The minimum atomic E-state index is -0.355. The second kappa shape index (κ2) is 5.18. The summed E-state index contributed by atoms with van der Waals surface area (Å²) in [6.07, 6.45) is 7.02. The summed E-state index contributed by atoms with van der Waals surface area (Å²) in [4.78, 5) is 18.3. The highest BCUT2D eigenvalue weighted by Gasteiger charge is 2.41. The van der Waals surface area contributed by atoms with Gasteiger partial charge in [0.25, 0.3) is 5.56 Å². The molecule has 0 amide bonds. The molecule has 0 atom stereocenters. The van der Waals surface area contributed by atoms with Crippen molar-refractivity contribution < 1.29 is 9.47 Å².